The topological polar surface area (TPSA) is 85.3 Å². The lowest BCUT2D eigenvalue weighted by molar-refractivity contribution is -0.138. The number of nitrogens with one attached hydrogen (secondary N) is 1. The zero-order valence-electron chi connectivity index (χ0n) is 18.5. The third-order valence-corrected chi connectivity index (χ3v) is 6.15. The summed E-state index contributed by atoms with van der Waals surface area (Å²) in [6.07, 6.45) is 2.04. The summed E-state index contributed by atoms with van der Waals surface area (Å²) in [5, 5.41) is 4.01. The molecule has 0 bridgehead atoms. The van der Waals surface area contributed by atoms with Crippen LogP contribution in [-0.2, 0) is 10.9 Å². The minimum absolute atomic E-state index is 0.0116. The summed E-state index contributed by atoms with van der Waals surface area (Å²) in [6, 6.07) is 5.89. The smallest absolute Gasteiger partial charge is 0.419 e. The molecule has 0 unspecified atom stereocenters. The van der Waals surface area contributed by atoms with E-state index in [4.69, 9.17) is 14.5 Å². The van der Waals surface area contributed by atoms with E-state index in [1.807, 2.05) is 18.2 Å². The van der Waals surface area contributed by atoms with Crippen molar-refractivity contribution in [2.45, 2.75) is 44.0 Å². The SMILES string of the molecule is FC(F)(F)c1cnc(NC2CCC(Oc3nc(N4CCOCC4)cc4ncccc34)CC2)nc1. The van der Waals surface area contributed by atoms with Gasteiger partial charge in [-0.2, -0.15) is 18.2 Å². The van der Waals surface area contributed by atoms with Crippen LogP contribution >= 0.6 is 0 Å². The van der Waals surface area contributed by atoms with Crippen molar-refractivity contribution in [3.05, 3.63) is 42.4 Å². The number of aromatic nitrogens is 4. The van der Waals surface area contributed by atoms with Crippen molar-refractivity contribution in [3.63, 3.8) is 0 Å². The van der Waals surface area contributed by atoms with Gasteiger partial charge in [0.1, 0.15) is 11.9 Å². The summed E-state index contributed by atoms with van der Waals surface area (Å²) in [5.74, 6) is 1.61. The molecule has 3 aromatic heterocycles. The molecule has 1 aliphatic heterocycles. The first kappa shape index (κ1) is 22.6. The van der Waals surface area contributed by atoms with Crippen LogP contribution in [0, 0.1) is 0 Å². The number of hydrogen-bond donors (Lipinski definition) is 1. The molecule has 1 N–H and O–H groups in total. The molecule has 0 amide bonds. The van der Waals surface area contributed by atoms with Gasteiger partial charge in [0, 0.05) is 43.8 Å². The zero-order valence-corrected chi connectivity index (χ0v) is 18.5. The number of pyridine rings is 2. The van der Waals surface area contributed by atoms with E-state index < -0.39 is 11.7 Å². The maximum absolute atomic E-state index is 12.7. The molecule has 0 spiro atoms. The fourth-order valence-electron chi connectivity index (χ4n) is 4.29. The van der Waals surface area contributed by atoms with Crippen LogP contribution in [0.15, 0.2) is 36.8 Å². The average molecular weight is 474 g/mol. The number of halogens is 3. The van der Waals surface area contributed by atoms with Gasteiger partial charge in [-0.1, -0.05) is 0 Å². The van der Waals surface area contributed by atoms with E-state index >= 15 is 0 Å². The molecule has 0 aromatic carbocycles. The Morgan fingerprint density at radius 3 is 2.47 bits per heavy atom. The Bertz CT molecular complexity index is 1110. The van der Waals surface area contributed by atoms with Gasteiger partial charge in [-0.3, -0.25) is 4.98 Å². The highest BCUT2D eigenvalue weighted by atomic mass is 19.4. The van der Waals surface area contributed by atoms with Gasteiger partial charge in [0.05, 0.1) is 29.7 Å². The minimum Gasteiger partial charge on any atom is -0.474 e. The third-order valence-electron chi connectivity index (χ3n) is 6.15. The second kappa shape index (κ2) is 9.57. The van der Waals surface area contributed by atoms with E-state index in [2.05, 4.69) is 25.2 Å². The second-order valence-corrected chi connectivity index (χ2v) is 8.48. The van der Waals surface area contributed by atoms with Gasteiger partial charge in [0.15, 0.2) is 0 Å². The Hall–Kier alpha value is -3.21. The summed E-state index contributed by atoms with van der Waals surface area (Å²) in [5.41, 5.74) is -0.0209. The van der Waals surface area contributed by atoms with Gasteiger partial charge in [-0.15, -0.1) is 0 Å². The molecule has 1 aliphatic carbocycles. The molecule has 4 heterocycles. The van der Waals surface area contributed by atoms with Gasteiger partial charge in [-0.05, 0) is 37.8 Å². The lowest BCUT2D eigenvalue weighted by atomic mass is 9.93. The largest absolute Gasteiger partial charge is 0.474 e. The van der Waals surface area contributed by atoms with Gasteiger partial charge < -0.3 is 19.7 Å². The maximum Gasteiger partial charge on any atom is 0.419 e. The van der Waals surface area contributed by atoms with Crippen molar-refractivity contribution in [2.24, 2.45) is 0 Å². The van der Waals surface area contributed by atoms with Crippen molar-refractivity contribution < 1.29 is 22.6 Å². The lowest BCUT2D eigenvalue weighted by Crippen LogP contribution is -2.37. The molecule has 11 heteroatoms. The fourth-order valence-corrected chi connectivity index (χ4v) is 4.29. The van der Waals surface area contributed by atoms with Crippen LogP contribution in [0.5, 0.6) is 5.88 Å². The molecule has 0 radical (unpaired) electrons. The number of morpholine rings is 1. The number of anilines is 2. The van der Waals surface area contributed by atoms with Crippen molar-refractivity contribution in [3.8, 4) is 5.88 Å². The quantitative estimate of drug-likeness (QED) is 0.592. The monoisotopic (exact) mass is 474 g/mol. The van der Waals surface area contributed by atoms with Gasteiger partial charge in [0.25, 0.3) is 0 Å². The number of hydrogen-bond acceptors (Lipinski definition) is 8. The summed E-state index contributed by atoms with van der Waals surface area (Å²) < 4.78 is 49.9. The van der Waals surface area contributed by atoms with Crippen molar-refractivity contribution >= 4 is 22.7 Å². The molecule has 3 aromatic rings. The Labute approximate surface area is 194 Å². The molecule has 2 aliphatic rings. The highest BCUT2D eigenvalue weighted by Crippen LogP contribution is 2.32. The van der Waals surface area contributed by atoms with Crippen LogP contribution < -0.4 is 15.0 Å². The molecule has 5 rings (SSSR count). The summed E-state index contributed by atoms with van der Waals surface area (Å²) in [7, 11) is 0. The van der Waals surface area contributed by atoms with Gasteiger partial charge in [0.2, 0.25) is 11.8 Å². The van der Waals surface area contributed by atoms with E-state index in [0.717, 1.165) is 67.9 Å². The van der Waals surface area contributed by atoms with E-state index in [1.54, 1.807) is 6.20 Å². The Morgan fingerprint density at radius 2 is 1.76 bits per heavy atom. The normalized spacial score (nSPS) is 21.4. The molecular weight excluding hydrogens is 449 g/mol. The molecule has 2 fully saturated rings. The Balaban J connectivity index is 1.23. The number of nitrogens with zero attached hydrogens (tertiary/aromatic N) is 5. The van der Waals surface area contributed by atoms with Gasteiger partial charge >= 0.3 is 6.18 Å². The zero-order chi connectivity index (χ0) is 23.5. The third kappa shape index (κ3) is 5.14. The minimum atomic E-state index is -4.44. The number of fused-ring (bicyclic) bond motifs is 1. The number of ether oxygens (including phenoxy) is 2. The van der Waals surface area contributed by atoms with Gasteiger partial charge in [-0.25, -0.2) is 9.97 Å². The van der Waals surface area contributed by atoms with Crippen LogP contribution in [0.25, 0.3) is 10.9 Å². The highest BCUT2D eigenvalue weighted by molar-refractivity contribution is 5.85. The maximum atomic E-state index is 12.7. The highest BCUT2D eigenvalue weighted by Gasteiger charge is 2.31. The second-order valence-electron chi connectivity index (χ2n) is 8.48. The van der Waals surface area contributed by atoms with Crippen LogP contribution in [0.4, 0.5) is 24.9 Å². The first-order valence-corrected chi connectivity index (χ1v) is 11.4. The summed E-state index contributed by atoms with van der Waals surface area (Å²) in [4.78, 5) is 19.1. The first-order chi connectivity index (χ1) is 16.5. The molecule has 8 nitrogen and oxygen atoms in total. The lowest BCUT2D eigenvalue weighted by Gasteiger charge is -2.31. The van der Waals surface area contributed by atoms with Crippen LogP contribution in [0.1, 0.15) is 31.2 Å². The molecule has 1 saturated carbocycles. The van der Waals surface area contributed by atoms with Crippen molar-refractivity contribution in [1.29, 1.82) is 0 Å². The van der Waals surface area contributed by atoms with Crippen LogP contribution in [0.2, 0.25) is 0 Å². The Morgan fingerprint density at radius 1 is 1.03 bits per heavy atom. The average Bonchev–Trinajstić information content (AvgIpc) is 2.85. The van der Waals surface area contributed by atoms with E-state index in [1.165, 1.54) is 0 Å². The van der Waals surface area contributed by atoms with E-state index in [0.29, 0.717) is 19.1 Å². The molecular formula is C23H25F3N6O2. The Kier molecular flexibility index (Phi) is 6.36. The fraction of sp³-hybridized carbons (Fsp3) is 0.478. The predicted molar refractivity (Wildman–Crippen MR) is 120 cm³/mol. The number of alkyl halides is 3. The van der Waals surface area contributed by atoms with Crippen molar-refractivity contribution in [2.75, 3.05) is 36.5 Å². The van der Waals surface area contributed by atoms with Crippen LogP contribution in [-0.4, -0.2) is 58.4 Å². The predicted octanol–water partition coefficient (Wildman–Crippen LogP) is 4.08. The molecule has 1 saturated heterocycles. The molecule has 0 atom stereocenters. The standard InChI is InChI=1S/C23H25F3N6O2/c24-23(25,26)15-13-28-22(29-14-15)30-16-3-5-17(6-4-16)34-21-18-2-1-7-27-19(18)12-20(31-21)32-8-10-33-11-9-32/h1-2,7,12-14,16-17H,3-6,8-11H2,(H,28,29,30). The summed E-state index contributed by atoms with van der Waals surface area (Å²) >= 11 is 0. The number of rotatable bonds is 5. The first-order valence-electron chi connectivity index (χ1n) is 11.4. The van der Waals surface area contributed by atoms with E-state index in [9.17, 15) is 13.2 Å². The molecule has 34 heavy (non-hydrogen) atoms. The van der Waals surface area contributed by atoms with Crippen LogP contribution in [0.3, 0.4) is 0 Å². The van der Waals surface area contributed by atoms with Crippen molar-refractivity contribution in [1.82, 2.24) is 19.9 Å². The molecule has 180 valence electrons. The summed E-state index contributed by atoms with van der Waals surface area (Å²) in [6.45, 7) is 2.87. The van der Waals surface area contributed by atoms with E-state index in [-0.39, 0.29) is 18.1 Å².